The highest BCUT2D eigenvalue weighted by atomic mass is 16.5. The van der Waals surface area contributed by atoms with Crippen LogP contribution in [0.3, 0.4) is 0 Å². The molecule has 0 unspecified atom stereocenters. The SMILES string of the molecule is CC1CCC([NH+]2CCC([NH+]3C[C@@H](C)O[C@H](C)C3)CC2)CC1. The van der Waals surface area contributed by atoms with E-state index in [-0.39, 0.29) is 0 Å². The standard InChI is InChI=1S/C18H34N2O/c1-14-4-6-17(7-5-14)19-10-8-18(9-11-19)20-12-15(2)21-16(3)13-20/h14-18H,4-13H2,1-3H3/p+2/t14?,15-,16-,17?/m1/s1. The van der Waals surface area contributed by atoms with Gasteiger partial charge in [-0.3, -0.25) is 0 Å². The molecule has 0 amide bonds. The van der Waals surface area contributed by atoms with Crippen molar-refractivity contribution in [3.05, 3.63) is 0 Å². The number of morpholine rings is 1. The van der Waals surface area contributed by atoms with Crippen LogP contribution in [0.4, 0.5) is 0 Å². The van der Waals surface area contributed by atoms with E-state index in [2.05, 4.69) is 20.8 Å². The second kappa shape index (κ2) is 6.97. The van der Waals surface area contributed by atoms with E-state index in [9.17, 15) is 0 Å². The Kier molecular flexibility index (Phi) is 5.23. The predicted molar refractivity (Wildman–Crippen MR) is 85.8 cm³/mol. The Morgan fingerprint density at radius 2 is 1.19 bits per heavy atom. The van der Waals surface area contributed by atoms with Gasteiger partial charge >= 0.3 is 0 Å². The number of likely N-dealkylation sites (tertiary alicyclic amines) is 1. The van der Waals surface area contributed by atoms with Crippen LogP contribution in [0.2, 0.25) is 0 Å². The van der Waals surface area contributed by atoms with Gasteiger partial charge in [0.2, 0.25) is 0 Å². The topological polar surface area (TPSA) is 18.1 Å². The summed E-state index contributed by atoms with van der Waals surface area (Å²) in [5, 5.41) is 0. The highest BCUT2D eigenvalue weighted by Crippen LogP contribution is 2.22. The van der Waals surface area contributed by atoms with Gasteiger partial charge in [-0.1, -0.05) is 6.92 Å². The van der Waals surface area contributed by atoms with Crippen molar-refractivity contribution in [3.8, 4) is 0 Å². The molecule has 0 aromatic rings. The molecular formula is C18H36N2O+2. The van der Waals surface area contributed by atoms with Crippen LogP contribution in [0.15, 0.2) is 0 Å². The minimum Gasteiger partial charge on any atom is -0.364 e. The molecule has 2 atom stereocenters. The number of nitrogens with one attached hydrogen (secondary N) is 2. The number of quaternary nitrogens is 2. The van der Waals surface area contributed by atoms with Crippen molar-refractivity contribution >= 4 is 0 Å². The third-order valence-corrected chi connectivity index (χ3v) is 6.36. The maximum absolute atomic E-state index is 5.91. The fourth-order valence-corrected chi connectivity index (χ4v) is 5.12. The summed E-state index contributed by atoms with van der Waals surface area (Å²) in [6.07, 6.45) is 9.71. The number of hydrogen-bond donors (Lipinski definition) is 2. The summed E-state index contributed by atoms with van der Waals surface area (Å²) in [6.45, 7) is 12.2. The van der Waals surface area contributed by atoms with Crippen molar-refractivity contribution in [2.24, 2.45) is 5.92 Å². The Labute approximate surface area is 131 Å². The molecule has 3 heteroatoms. The molecule has 3 nitrogen and oxygen atoms in total. The lowest BCUT2D eigenvalue weighted by Crippen LogP contribution is -3.23. The van der Waals surface area contributed by atoms with E-state index in [4.69, 9.17) is 4.74 Å². The Morgan fingerprint density at radius 1 is 0.667 bits per heavy atom. The summed E-state index contributed by atoms with van der Waals surface area (Å²) in [6, 6.07) is 1.89. The van der Waals surface area contributed by atoms with Crippen molar-refractivity contribution in [1.29, 1.82) is 0 Å². The molecular weight excluding hydrogens is 260 g/mol. The molecule has 21 heavy (non-hydrogen) atoms. The normalized spacial score (nSPS) is 49.0. The molecule has 0 bridgehead atoms. The van der Waals surface area contributed by atoms with Gasteiger partial charge in [0, 0.05) is 12.8 Å². The van der Waals surface area contributed by atoms with Gasteiger partial charge in [0.1, 0.15) is 25.3 Å². The van der Waals surface area contributed by atoms with Gasteiger partial charge in [0.15, 0.2) is 0 Å². The van der Waals surface area contributed by atoms with Crippen LogP contribution < -0.4 is 9.80 Å². The minimum absolute atomic E-state index is 0.453. The molecule has 0 spiro atoms. The largest absolute Gasteiger partial charge is 0.364 e. The molecule has 0 aromatic heterocycles. The first-order chi connectivity index (χ1) is 10.1. The van der Waals surface area contributed by atoms with Crippen LogP contribution >= 0.6 is 0 Å². The van der Waals surface area contributed by atoms with E-state index >= 15 is 0 Å². The molecule has 1 aliphatic carbocycles. The summed E-state index contributed by atoms with van der Waals surface area (Å²) in [5.41, 5.74) is 0. The van der Waals surface area contributed by atoms with Gasteiger partial charge in [0.05, 0.1) is 25.2 Å². The fraction of sp³-hybridized carbons (Fsp3) is 1.00. The summed E-state index contributed by atoms with van der Waals surface area (Å²) in [5.74, 6) is 0.985. The van der Waals surface area contributed by atoms with E-state index in [1.807, 2.05) is 9.80 Å². The third-order valence-electron chi connectivity index (χ3n) is 6.36. The van der Waals surface area contributed by atoms with Crippen LogP contribution in [0.1, 0.15) is 59.3 Å². The smallest absolute Gasteiger partial charge is 0.104 e. The summed E-state index contributed by atoms with van der Waals surface area (Å²) < 4.78 is 5.91. The number of ether oxygens (including phenoxy) is 1. The molecule has 3 rings (SSSR count). The lowest BCUT2D eigenvalue weighted by Gasteiger charge is -2.42. The summed E-state index contributed by atoms with van der Waals surface area (Å²) >= 11 is 0. The number of hydrogen-bond acceptors (Lipinski definition) is 1. The summed E-state index contributed by atoms with van der Waals surface area (Å²) in [4.78, 5) is 3.77. The molecule has 0 aromatic carbocycles. The van der Waals surface area contributed by atoms with Crippen LogP contribution in [0.5, 0.6) is 0 Å². The first-order valence-electron chi connectivity index (χ1n) is 9.46. The first kappa shape index (κ1) is 15.8. The van der Waals surface area contributed by atoms with Gasteiger partial charge in [-0.2, -0.15) is 0 Å². The van der Waals surface area contributed by atoms with Gasteiger partial charge in [-0.15, -0.1) is 0 Å². The quantitative estimate of drug-likeness (QED) is 0.750. The lowest BCUT2D eigenvalue weighted by molar-refractivity contribution is -0.975. The van der Waals surface area contributed by atoms with Gasteiger partial charge in [-0.25, -0.2) is 0 Å². The van der Waals surface area contributed by atoms with Crippen molar-refractivity contribution in [2.75, 3.05) is 26.2 Å². The number of piperidine rings is 1. The second-order valence-corrected chi connectivity index (χ2v) is 8.21. The maximum atomic E-state index is 5.91. The van der Waals surface area contributed by atoms with Crippen molar-refractivity contribution in [2.45, 2.75) is 83.6 Å². The van der Waals surface area contributed by atoms with Gasteiger partial charge in [-0.05, 0) is 45.4 Å². The zero-order valence-corrected chi connectivity index (χ0v) is 14.4. The van der Waals surface area contributed by atoms with Crippen LogP contribution in [0, 0.1) is 5.92 Å². The molecule has 0 radical (unpaired) electrons. The highest BCUT2D eigenvalue weighted by molar-refractivity contribution is 4.72. The molecule has 2 N–H and O–H groups in total. The van der Waals surface area contributed by atoms with Gasteiger partial charge in [0.25, 0.3) is 0 Å². The fourth-order valence-electron chi connectivity index (χ4n) is 5.12. The van der Waals surface area contributed by atoms with E-state index < -0.39 is 0 Å². The van der Waals surface area contributed by atoms with Crippen molar-refractivity contribution in [1.82, 2.24) is 0 Å². The molecule has 2 heterocycles. The van der Waals surface area contributed by atoms with Crippen molar-refractivity contribution in [3.63, 3.8) is 0 Å². The zero-order chi connectivity index (χ0) is 14.8. The average molecular weight is 296 g/mol. The highest BCUT2D eigenvalue weighted by Gasteiger charge is 2.37. The Balaban J connectivity index is 1.46. The second-order valence-electron chi connectivity index (χ2n) is 8.21. The van der Waals surface area contributed by atoms with E-state index in [1.54, 1.807) is 0 Å². The molecule has 1 saturated carbocycles. The number of rotatable bonds is 2. The Bertz CT molecular complexity index is 309. The monoisotopic (exact) mass is 296 g/mol. The maximum Gasteiger partial charge on any atom is 0.104 e. The molecule has 3 fully saturated rings. The zero-order valence-electron chi connectivity index (χ0n) is 14.4. The molecule has 2 saturated heterocycles. The lowest BCUT2D eigenvalue weighted by atomic mass is 9.85. The Morgan fingerprint density at radius 3 is 1.76 bits per heavy atom. The van der Waals surface area contributed by atoms with Gasteiger partial charge < -0.3 is 14.5 Å². The van der Waals surface area contributed by atoms with Crippen LogP contribution in [-0.2, 0) is 4.74 Å². The Hall–Kier alpha value is -0.120. The third kappa shape index (κ3) is 4.00. The summed E-state index contributed by atoms with van der Waals surface area (Å²) in [7, 11) is 0. The molecule has 122 valence electrons. The van der Waals surface area contributed by atoms with E-state index in [0.29, 0.717) is 12.2 Å². The first-order valence-corrected chi connectivity index (χ1v) is 9.46. The molecule has 3 aliphatic rings. The van der Waals surface area contributed by atoms with E-state index in [1.165, 1.54) is 64.7 Å². The minimum atomic E-state index is 0.453. The molecule has 2 aliphatic heterocycles. The van der Waals surface area contributed by atoms with Crippen LogP contribution in [0.25, 0.3) is 0 Å². The average Bonchev–Trinajstić information content (AvgIpc) is 2.47. The van der Waals surface area contributed by atoms with Crippen molar-refractivity contribution < 1.29 is 14.5 Å². The predicted octanol–water partition coefficient (Wildman–Crippen LogP) is 0.305. The van der Waals surface area contributed by atoms with E-state index in [0.717, 1.165) is 18.0 Å². The van der Waals surface area contributed by atoms with Crippen LogP contribution in [-0.4, -0.2) is 50.5 Å².